The number of hydrogen-bond acceptors (Lipinski definition) is 7. The Morgan fingerprint density at radius 2 is 2.03 bits per heavy atom. The molecule has 31 heavy (non-hydrogen) atoms. The molecule has 1 amide bonds. The zero-order valence-corrected chi connectivity index (χ0v) is 17.4. The van der Waals surface area contributed by atoms with Gasteiger partial charge in [0.1, 0.15) is 17.6 Å². The molecule has 1 saturated heterocycles. The zero-order chi connectivity index (χ0) is 21.4. The maximum atomic E-state index is 13.1. The molecular weight excluding hydrogens is 398 g/mol. The van der Waals surface area contributed by atoms with Crippen LogP contribution in [0.3, 0.4) is 0 Å². The molecule has 1 aromatic carbocycles. The highest BCUT2D eigenvalue weighted by atomic mass is 16.7. The molecular formula is C22H23N5O4. The molecule has 5 rings (SSSR count). The third-order valence-electron chi connectivity index (χ3n) is 5.37. The molecule has 160 valence electrons. The third-order valence-corrected chi connectivity index (χ3v) is 5.37. The average Bonchev–Trinajstić information content (AvgIpc) is 3.42. The first-order chi connectivity index (χ1) is 15.0. The Kier molecular flexibility index (Phi) is 4.93. The van der Waals surface area contributed by atoms with E-state index in [0.717, 1.165) is 24.1 Å². The van der Waals surface area contributed by atoms with Gasteiger partial charge in [0, 0.05) is 23.9 Å². The first kappa shape index (κ1) is 19.3. The van der Waals surface area contributed by atoms with Crippen molar-refractivity contribution in [2.45, 2.75) is 32.8 Å². The van der Waals surface area contributed by atoms with Crippen LogP contribution in [0.4, 0.5) is 0 Å². The molecule has 0 aliphatic carbocycles. The summed E-state index contributed by atoms with van der Waals surface area (Å²) in [6.45, 7) is 5.15. The summed E-state index contributed by atoms with van der Waals surface area (Å²) in [7, 11) is 0. The number of hydrogen-bond donors (Lipinski definition) is 1. The van der Waals surface area contributed by atoms with Gasteiger partial charge in [0.15, 0.2) is 11.5 Å². The molecule has 2 aromatic heterocycles. The van der Waals surface area contributed by atoms with Crippen molar-refractivity contribution in [1.82, 2.24) is 25.1 Å². The quantitative estimate of drug-likeness (QED) is 0.691. The molecule has 4 heterocycles. The van der Waals surface area contributed by atoms with Gasteiger partial charge >= 0.3 is 0 Å². The predicted molar refractivity (Wildman–Crippen MR) is 111 cm³/mol. The second-order valence-corrected chi connectivity index (χ2v) is 7.76. The lowest BCUT2D eigenvalue weighted by Gasteiger charge is -2.32. The van der Waals surface area contributed by atoms with Crippen LogP contribution in [0.25, 0.3) is 11.3 Å². The highest BCUT2D eigenvalue weighted by Gasteiger charge is 2.27. The first-order valence-corrected chi connectivity index (χ1v) is 10.3. The van der Waals surface area contributed by atoms with Crippen molar-refractivity contribution in [3.8, 4) is 28.6 Å². The summed E-state index contributed by atoms with van der Waals surface area (Å²) in [6.07, 6.45) is 1.63. The Labute approximate surface area is 179 Å². The van der Waals surface area contributed by atoms with E-state index in [0.29, 0.717) is 47.7 Å². The number of aryl methyl sites for hydroxylation is 2. The molecule has 1 N–H and O–H groups in total. The van der Waals surface area contributed by atoms with Crippen molar-refractivity contribution < 1.29 is 19.0 Å². The molecule has 0 radical (unpaired) electrons. The Balaban J connectivity index is 1.28. The van der Waals surface area contributed by atoms with E-state index in [1.165, 1.54) is 0 Å². The molecule has 1 fully saturated rings. The van der Waals surface area contributed by atoms with Crippen LogP contribution in [0.5, 0.6) is 17.4 Å². The van der Waals surface area contributed by atoms with Gasteiger partial charge in [0.2, 0.25) is 12.7 Å². The summed E-state index contributed by atoms with van der Waals surface area (Å²) >= 11 is 0. The highest BCUT2D eigenvalue weighted by Crippen LogP contribution is 2.35. The number of ether oxygens (including phenoxy) is 3. The summed E-state index contributed by atoms with van der Waals surface area (Å²) in [5.74, 6) is 2.52. The van der Waals surface area contributed by atoms with Gasteiger partial charge in [-0.3, -0.25) is 9.89 Å². The van der Waals surface area contributed by atoms with Crippen molar-refractivity contribution >= 4 is 5.91 Å². The van der Waals surface area contributed by atoms with Crippen molar-refractivity contribution in [3.05, 3.63) is 47.5 Å². The third kappa shape index (κ3) is 4.03. The number of benzene rings is 1. The van der Waals surface area contributed by atoms with E-state index in [2.05, 4.69) is 20.2 Å². The number of rotatable bonds is 4. The molecule has 2 aliphatic heterocycles. The van der Waals surface area contributed by atoms with Crippen LogP contribution < -0.4 is 14.2 Å². The van der Waals surface area contributed by atoms with Crippen LogP contribution in [-0.2, 0) is 0 Å². The normalized spacial score (nSPS) is 17.6. The van der Waals surface area contributed by atoms with Gasteiger partial charge in [-0.25, -0.2) is 4.98 Å². The number of amides is 1. The molecule has 2 aliphatic rings. The minimum absolute atomic E-state index is 0.0946. The van der Waals surface area contributed by atoms with E-state index in [1.54, 1.807) is 11.0 Å². The van der Waals surface area contributed by atoms with Crippen molar-refractivity contribution in [3.63, 3.8) is 0 Å². The number of piperidine rings is 1. The number of nitrogens with one attached hydrogen (secondary N) is 1. The molecule has 0 spiro atoms. The number of aromatic amines is 1. The fourth-order valence-electron chi connectivity index (χ4n) is 3.94. The SMILES string of the molecule is Cc1cc(O[C@H]2CCCN(C(=O)c3cc(-c4ccc5c(c4)OCO5)n[nH]3)C2)nc(C)n1. The van der Waals surface area contributed by atoms with Gasteiger partial charge in [0.25, 0.3) is 5.91 Å². The average molecular weight is 421 g/mol. The minimum Gasteiger partial charge on any atom is -0.472 e. The Morgan fingerprint density at radius 1 is 1.16 bits per heavy atom. The molecule has 9 nitrogen and oxygen atoms in total. The number of likely N-dealkylation sites (tertiary alicyclic amines) is 1. The number of carbonyl (C=O) groups is 1. The van der Waals surface area contributed by atoms with E-state index >= 15 is 0 Å². The van der Waals surface area contributed by atoms with Crippen LogP contribution in [0.15, 0.2) is 30.3 Å². The predicted octanol–water partition coefficient (Wildman–Crippen LogP) is 2.90. The van der Waals surface area contributed by atoms with E-state index in [9.17, 15) is 4.79 Å². The Morgan fingerprint density at radius 3 is 2.90 bits per heavy atom. The lowest BCUT2D eigenvalue weighted by atomic mass is 10.1. The maximum Gasteiger partial charge on any atom is 0.272 e. The standard InChI is InChI=1S/C22H23N5O4/c1-13-8-21(24-14(2)23-13)31-16-4-3-7-27(11-16)22(28)18-10-17(25-26-18)15-5-6-19-20(9-15)30-12-29-19/h5-6,8-10,16H,3-4,7,11-12H2,1-2H3,(H,25,26)/t16-/m0/s1. The monoisotopic (exact) mass is 421 g/mol. The minimum atomic E-state index is -0.109. The van der Waals surface area contributed by atoms with Crippen molar-refractivity contribution in [2.75, 3.05) is 19.9 Å². The fourth-order valence-corrected chi connectivity index (χ4v) is 3.94. The summed E-state index contributed by atoms with van der Waals surface area (Å²) in [4.78, 5) is 23.5. The van der Waals surface area contributed by atoms with Gasteiger partial charge in [0.05, 0.1) is 12.2 Å². The first-order valence-electron chi connectivity index (χ1n) is 10.3. The molecule has 1 atom stereocenters. The largest absolute Gasteiger partial charge is 0.472 e. The molecule has 0 unspecified atom stereocenters. The van der Waals surface area contributed by atoms with Gasteiger partial charge in [-0.15, -0.1) is 0 Å². The summed E-state index contributed by atoms with van der Waals surface area (Å²) in [5.41, 5.74) is 2.84. The summed E-state index contributed by atoms with van der Waals surface area (Å²) in [6, 6.07) is 9.19. The van der Waals surface area contributed by atoms with Crippen LogP contribution in [0.1, 0.15) is 34.8 Å². The van der Waals surface area contributed by atoms with E-state index in [-0.39, 0.29) is 18.8 Å². The number of nitrogens with zero attached hydrogens (tertiary/aromatic N) is 4. The zero-order valence-electron chi connectivity index (χ0n) is 17.4. The van der Waals surface area contributed by atoms with Crippen molar-refractivity contribution in [2.24, 2.45) is 0 Å². The van der Waals surface area contributed by atoms with Gasteiger partial charge in [-0.05, 0) is 51.0 Å². The molecule has 3 aromatic rings. The fraction of sp³-hybridized carbons (Fsp3) is 0.364. The summed E-state index contributed by atoms with van der Waals surface area (Å²) in [5, 5.41) is 7.19. The van der Waals surface area contributed by atoms with Crippen molar-refractivity contribution in [1.29, 1.82) is 0 Å². The van der Waals surface area contributed by atoms with E-state index in [1.807, 2.05) is 38.1 Å². The second-order valence-electron chi connectivity index (χ2n) is 7.76. The van der Waals surface area contributed by atoms with Crippen LogP contribution in [-0.4, -0.2) is 57.0 Å². The second kappa shape index (κ2) is 7.90. The summed E-state index contributed by atoms with van der Waals surface area (Å²) < 4.78 is 16.8. The number of carbonyl (C=O) groups excluding carboxylic acids is 1. The van der Waals surface area contributed by atoms with Gasteiger partial charge in [-0.1, -0.05) is 0 Å². The van der Waals surface area contributed by atoms with Crippen LogP contribution >= 0.6 is 0 Å². The van der Waals surface area contributed by atoms with E-state index < -0.39 is 0 Å². The van der Waals surface area contributed by atoms with Crippen LogP contribution in [0.2, 0.25) is 0 Å². The van der Waals surface area contributed by atoms with Crippen LogP contribution in [0, 0.1) is 13.8 Å². The smallest absolute Gasteiger partial charge is 0.272 e. The number of fused-ring (bicyclic) bond motifs is 1. The number of H-pyrrole nitrogens is 1. The molecule has 0 bridgehead atoms. The Hall–Kier alpha value is -3.62. The highest BCUT2D eigenvalue weighted by molar-refractivity contribution is 5.93. The lowest BCUT2D eigenvalue weighted by Crippen LogP contribution is -2.44. The van der Waals surface area contributed by atoms with Gasteiger partial charge in [-0.2, -0.15) is 10.1 Å². The maximum absolute atomic E-state index is 13.1. The topological polar surface area (TPSA) is 102 Å². The molecule has 0 saturated carbocycles. The lowest BCUT2D eigenvalue weighted by molar-refractivity contribution is 0.0521. The van der Waals surface area contributed by atoms with E-state index in [4.69, 9.17) is 14.2 Å². The van der Waals surface area contributed by atoms with Gasteiger partial charge < -0.3 is 19.1 Å². The molecule has 9 heteroatoms. The Bertz CT molecular complexity index is 1110. The number of aromatic nitrogens is 4.